The molecule has 0 aliphatic rings. The van der Waals surface area contributed by atoms with Crippen LogP contribution in [0.2, 0.25) is 0 Å². The Kier molecular flexibility index (Phi) is 2.54. The van der Waals surface area contributed by atoms with Crippen LogP contribution in [-0.4, -0.2) is 4.98 Å². The standard InChI is InChI=1S/C12H12N2O/c1-9-4-2-6-11(12(9)13)15-10-5-3-7-14-8-10/h2-8H,13H2,1H3. The SMILES string of the molecule is Cc1cccc(Oc2cccnc2)c1N. The largest absolute Gasteiger partial charge is 0.454 e. The molecule has 0 amide bonds. The van der Waals surface area contributed by atoms with Gasteiger partial charge in [0.2, 0.25) is 0 Å². The summed E-state index contributed by atoms with van der Waals surface area (Å²) in [7, 11) is 0. The Morgan fingerprint density at radius 1 is 1.20 bits per heavy atom. The molecule has 15 heavy (non-hydrogen) atoms. The number of rotatable bonds is 2. The number of nitrogen functional groups attached to an aromatic ring is 1. The van der Waals surface area contributed by atoms with Gasteiger partial charge in [-0.1, -0.05) is 12.1 Å². The fourth-order valence-electron chi connectivity index (χ4n) is 1.28. The summed E-state index contributed by atoms with van der Waals surface area (Å²) < 4.78 is 5.60. The van der Waals surface area contributed by atoms with Crippen LogP contribution in [0.15, 0.2) is 42.7 Å². The first-order valence-corrected chi connectivity index (χ1v) is 4.70. The zero-order valence-electron chi connectivity index (χ0n) is 8.47. The number of para-hydroxylation sites is 1. The molecule has 1 aromatic carbocycles. The van der Waals surface area contributed by atoms with E-state index in [9.17, 15) is 0 Å². The zero-order chi connectivity index (χ0) is 10.7. The third-order valence-corrected chi connectivity index (χ3v) is 2.15. The van der Waals surface area contributed by atoms with Crippen molar-refractivity contribution in [1.29, 1.82) is 0 Å². The van der Waals surface area contributed by atoms with E-state index in [1.807, 2.05) is 37.3 Å². The molecule has 1 heterocycles. The van der Waals surface area contributed by atoms with E-state index in [1.54, 1.807) is 12.4 Å². The van der Waals surface area contributed by atoms with Gasteiger partial charge in [-0.05, 0) is 30.7 Å². The Labute approximate surface area is 88.5 Å². The molecule has 0 atom stereocenters. The molecule has 0 spiro atoms. The minimum absolute atomic E-state index is 0.668. The van der Waals surface area contributed by atoms with Crippen molar-refractivity contribution in [2.45, 2.75) is 6.92 Å². The monoisotopic (exact) mass is 200 g/mol. The van der Waals surface area contributed by atoms with E-state index in [2.05, 4.69) is 4.98 Å². The average molecular weight is 200 g/mol. The first kappa shape index (κ1) is 9.52. The summed E-state index contributed by atoms with van der Waals surface area (Å²) in [5.74, 6) is 1.36. The number of aromatic nitrogens is 1. The smallest absolute Gasteiger partial charge is 0.150 e. The highest BCUT2D eigenvalue weighted by Crippen LogP contribution is 2.28. The lowest BCUT2D eigenvalue weighted by molar-refractivity contribution is 0.482. The van der Waals surface area contributed by atoms with Crippen molar-refractivity contribution in [3.8, 4) is 11.5 Å². The number of nitrogens with two attached hydrogens (primary N) is 1. The van der Waals surface area contributed by atoms with Crippen LogP contribution in [0.3, 0.4) is 0 Å². The van der Waals surface area contributed by atoms with Crippen molar-refractivity contribution in [1.82, 2.24) is 4.98 Å². The van der Waals surface area contributed by atoms with Crippen LogP contribution in [0, 0.1) is 6.92 Å². The van der Waals surface area contributed by atoms with Gasteiger partial charge in [-0.3, -0.25) is 4.98 Å². The molecule has 0 aliphatic carbocycles. The predicted molar refractivity (Wildman–Crippen MR) is 59.9 cm³/mol. The lowest BCUT2D eigenvalue weighted by Gasteiger charge is -2.09. The van der Waals surface area contributed by atoms with E-state index in [-0.39, 0.29) is 0 Å². The summed E-state index contributed by atoms with van der Waals surface area (Å²) >= 11 is 0. The molecular formula is C12H12N2O. The molecule has 2 rings (SSSR count). The van der Waals surface area contributed by atoms with Gasteiger partial charge in [-0.2, -0.15) is 0 Å². The molecule has 0 fully saturated rings. The summed E-state index contributed by atoms with van der Waals surface area (Å²) in [5.41, 5.74) is 7.56. The van der Waals surface area contributed by atoms with Crippen molar-refractivity contribution >= 4 is 5.69 Å². The Bertz CT molecular complexity index is 454. The number of aryl methyl sites for hydroxylation is 1. The first-order chi connectivity index (χ1) is 7.27. The van der Waals surface area contributed by atoms with E-state index in [0.717, 1.165) is 5.56 Å². The topological polar surface area (TPSA) is 48.1 Å². The highest BCUT2D eigenvalue weighted by atomic mass is 16.5. The molecule has 0 aliphatic heterocycles. The molecule has 2 aromatic rings. The zero-order valence-corrected chi connectivity index (χ0v) is 8.47. The quantitative estimate of drug-likeness (QED) is 0.758. The maximum Gasteiger partial charge on any atom is 0.150 e. The van der Waals surface area contributed by atoms with E-state index < -0.39 is 0 Å². The second-order valence-electron chi connectivity index (χ2n) is 3.28. The summed E-state index contributed by atoms with van der Waals surface area (Å²) in [6, 6.07) is 9.37. The Balaban J connectivity index is 2.29. The second kappa shape index (κ2) is 4.00. The molecule has 0 bridgehead atoms. The normalized spacial score (nSPS) is 9.93. The molecule has 3 nitrogen and oxygen atoms in total. The number of nitrogens with zero attached hydrogens (tertiary/aromatic N) is 1. The fourth-order valence-corrected chi connectivity index (χ4v) is 1.28. The van der Waals surface area contributed by atoms with Gasteiger partial charge < -0.3 is 10.5 Å². The molecular weight excluding hydrogens is 188 g/mol. The van der Waals surface area contributed by atoms with E-state index in [1.165, 1.54) is 0 Å². The van der Waals surface area contributed by atoms with Gasteiger partial charge in [0, 0.05) is 6.20 Å². The van der Waals surface area contributed by atoms with Crippen molar-refractivity contribution in [2.24, 2.45) is 0 Å². The average Bonchev–Trinajstić information content (AvgIpc) is 2.26. The van der Waals surface area contributed by atoms with E-state index >= 15 is 0 Å². The van der Waals surface area contributed by atoms with Crippen LogP contribution in [0.5, 0.6) is 11.5 Å². The highest BCUT2D eigenvalue weighted by Gasteiger charge is 2.03. The molecule has 0 radical (unpaired) electrons. The van der Waals surface area contributed by atoms with Crippen LogP contribution in [0.1, 0.15) is 5.56 Å². The van der Waals surface area contributed by atoms with Crippen LogP contribution >= 0.6 is 0 Å². The summed E-state index contributed by atoms with van der Waals surface area (Å²) in [4.78, 5) is 3.97. The van der Waals surface area contributed by atoms with Crippen molar-refractivity contribution in [2.75, 3.05) is 5.73 Å². The van der Waals surface area contributed by atoms with Crippen molar-refractivity contribution in [3.63, 3.8) is 0 Å². The minimum atomic E-state index is 0.668. The number of pyridine rings is 1. The molecule has 2 N–H and O–H groups in total. The van der Waals surface area contributed by atoms with E-state index in [4.69, 9.17) is 10.5 Å². The Morgan fingerprint density at radius 2 is 2.07 bits per heavy atom. The minimum Gasteiger partial charge on any atom is -0.454 e. The third kappa shape index (κ3) is 2.07. The fraction of sp³-hybridized carbons (Fsp3) is 0.0833. The molecule has 3 heteroatoms. The Hall–Kier alpha value is -2.03. The second-order valence-corrected chi connectivity index (χ2v) is 3.28. The van der Waals surface area contributed by atoms with Gasteiger partial charge in [-0.15, -0.1) is 0 Å². The van der Waals surface area contributed by atoms with Crippen LogP contribution in [-0.2, 0) is 0 Å². The molecule has 0 unspecified atom stereocenters. The summed E-state index contributed by atoms with van der Waals surface area (Å²) in [5, 5.41) is 0. The van der Waals surface area contributed by atoms with Crippen LogP contribution < -0.4 is 10.5 Å². The number of ether oxygens (including phenoxy) is 1. The lowest BCUT2D eigenvalue weighted by atomic mass is 10.2. The van der Waals surface area contributed by atoms with Gasteiger partial charge in [0.15, 0.2) is 5.75 Å². The number of anilines is 1. The van der Waals surface area contributed by atoms with Gasteiger partial charge in [-0.25, -0.2) is 0 Å². The molecule has 1 aromatic heterocycles. The van der Waals surface area contributed by atoms with Gasteiger partial charge in [0.05, 0.1) is 11.9 Å². The summed E-state index contributed by atoms with van der Waals surface area (Å²) in [6.07, 6.45) is 3.36. The van der Waals surface area contributed by atoms with Crippen LogP contribution in [0.4, 0.5) is 5.69 Å². The number of hydrogen-bond acceptors (Lipinski definition) is 3. The van der Waals surface area contributed by atoms with Crippen molar-refractivity contribution in [3.05, 3.63) is 48.3 Å². The summed E-state index contributed by atoms with van der Waals surface area (Å²) in [6.45, 7) is 1.95. The maximum absolute atomic E-state index is 5.89. The lowest BCUT2D eigenvalue weighted by Crippen LogP contribution is -1.94. The predicted octanol–water partition coefficient (Wildman–Crippen LogP) is 2.76. The third-order valence-electron chi connectivity index (χ3n) is 2.15. The van der Waals surface area contributed by atoms with Gasteiger partial charge in [0.1, 0.15) is 5.75 Å². The van der Waals surface area contributed by atoms with Gasteiger partial charge in [0.25, 0.3) is 0 Å². The first-order valence-electron chi connectivity index (χ1n) is 4.70. The number of hydrogen-bond donors (Lipinski definition) is 1. The highest BCUT2D eigenvalue weighted by molar-refractivity contribution is 5.58. The van der Waals surface area contributed by atoms with Crippen LogP contribution in [0.25, 0.3) is 0 Å². The van der Waals surface area contributed by atoms with E-state index in [0.29, 0.717) is 17.2 Å². The molecule has 0 saturated carbocycles. The Morgan fingerprint density at radius 3 is 2.80 bits per heavy atom. The van der Waals surface area contributed by atoms with Gasteiger partial charge >= 0.3 is 0 Å². The van der Waals surface area contributed by atoms with Crippen molar-refractivity contribution < 1.29 is 4.74 Å². The molecule has 76 valence electrons. The maximum atomic E-state index is 5.89. The number of benzene rings is 1. The molecule has 0 saturated heterocycles.